The summed E-state index contributed by atoms with van der Waals surface area (Å²) in [5.41, 5.74) is 2.64. The molecule has 2 saturated heterocycles. The standard InChI is InChI=1S/C14H19BrN2/c1-10-4-11(8-16-7-10)9-17-13-2-3-14(17)6-12(15)5-13/h4,7-8,12-14H,2-3,5-6,9H2,1H3. The third kappa shape index (κ3) is 2.41. The minimum Gasteiger partial charge on any atom is -0.293 e. The molecule has 2 aliphatic rings. The summed E-state index contributed by atoms with van der Waals surface area (Å²) in [5, 5.41) is 0. The van der Waals surface area contributed by atoms with E-state index in [4.69, 9.17) is 0 Å². The van der Waals surface area contributed by atoms with Crippen molar-refractivity contribution in [3.63, 3.8) is 0 Å². The van der Waals surface area contributed by atoms with Crippen LogP contribution in [0.4, 0.5) is 0 Å². The molecule has 3 rings (SSSR count). The first-order chi connectivity index (χ1) is 8.22. The summed E-state index contributed by atoms with van der Waals surface area (Å²) in [6.45, 7) is 3.21. The lowest BCUT2D eigenvalue weighted by Crippen LogP contribution is -2.42. The van der Waals surface area contributed by atoms with E-state index in [2.05, 4.69) is 38.8 Å². The maximum absolute atomic E-state index is 4.30. The van der Waals surface area contributed by atoms with Crippen LogP contribution in [0.25, 0.3) is 0 Å². The first kappa shape index (κ1) is 11.7. The lowest BCUT2D eigenvalue weighted by atomic mass is 10.0. The van der Waals surface area contributed by atoms with Crippen molar-refractivity contribution in [2.24, 2.45) is 0 Å². The van der Waals surface area contributed by atoms with Gasteiger partial charge in [0.2, 0.25) is 0 Å². The van der Waals surface area contributed by atoms with E-state index in [0.717, 1.165) is 23.5 Å². The Morgan fingerprint density at radius 1 is 1.29 bits per heavy atom. The zero-order valence-corrected chi connectivity index (χ0v) is 11.9. The van der Waals surface area contributed by atoms with Crippen LogP contribution in [0.15, 0.2) is 18.5 Å². The van der Waals surface area contributed by atoms with Crippen LogP contribution in [0.3, 0.4) is 0 Å². The van der Waals surface area contributed by atoms with Crippen molar-refractivity contribution in [2.75, 3.05) is 0 Å². The van der Waals surface area contributed by atoms with Gasteiger partial charge in [-0.15, -0.1) is 0 Å². The van der Waals surface area contributed by atoms with Crippen molar-refractivity contribution in [1.82, 2.24) is 9.88 Å². The fourth-order valence-corrected chi connectivity index (χ4v) is 4.24. The predicted octanol–water partition coefficient (Wildman–Crippen LogP) is 3.28. The fourth-order valence-electron chi connectivity index (χ4n) is 3.38. The second-order valence-corrected chi connectivity index (χ2v) is 6.79. The Kier molecular flexibility index (Phi) is 3.22. The highest BCUT2D eigenvalue weighted by atomic mass is 79.9. The monoisotopic (exact) mass is 294 g/mol. The molecular formula is C14H19BrN2. The highest BCUT2D eigenvalue weighted by Crippen LogP contribution is 2.39. The molecule has 0 amide bonds. The number of halogens is 1. The van der Waals surface area contributed by atoms with Gasteiger partial charge in [-0.05, 0) is 43.7 Å². The molecule has 0 spiro atoms. The number of fused-ring (bicyclic) bond motifs is 2. The van der Waals surface area contributed by atoms with Gasteiger partial charge in [0.15, 0.2) is 0 Å². The molecule has 0 N–H and O–H groups in total. The third-order valence-corrected chi connectivity index (χ3v) is 4.87. The highest BCUT2D eigenvalue weighted by Gasteiger charge is 2.39. The Balaban J connectivity index is 1.74. The van der Waals surface area contributed by atoms with Crippen LogP contribution in [0.2, 0.25) is 0 Å². The Morgan fingerprint density at radius 3 is 2.65 bits per heavy atom. The summed E-state index contributed by atoms with van der Waals surface area (Å²) in [7, 11) is 0. The van der Waals surface area contributed by atoms with E-state index < -0.39 is 0 Å². The number of pyridine rings is 1. The smallest absolute Gasteiger partial charge is 0.0313 e. The molecular weight excluding hydrogens is 276 g/mol. The molecule has 2 nitrogen and oxygen atoms in total. The Hall–Kier alpha value is -0.410. The van der Waals surface area contributed by atoms with Gasteiger partial charge in [-0.1, -0.05) is 22.0 Å². The molecule has 17 heavy (non-hydrogen) atoms. The summed E-state index contributed by atoms with van der Waals surface area (Å²) in [4.78, 5) is 7.74. The van der Waals surface area contributed by atoms with Crippen molar-refractivity contribution < 1.29 is 0 Å². The molecule has 2 aliphatic heterocycles. The first-order valence-corrected chi connectivity index (χ1v) is 7.44. The van der Waals surface area contributed by atoms with E-state index >= 15 is 0 Å². The van der Waals surface area contributed by atoms with E-state index in [1.54, 1.807) is 0 Å². The van der Waals surface area contributed by atoms with Crippen LogP contribution in [0.5, 0.6) is 0 Å². The maximum Gasteiger partial charge on any atom is 0.0313 e. The van der Waals surface area contributed by atoms with Crippen LogP contribution in [0, 0.1) is 6.92 Å². The van der Waals surface area contributed by atoms with Gasteiger partial charge < -0.3 is 0 Å². The number of hydrogen-bond donors (Lipinski definition) is 0. The maximum atomic E-state index is 4.30. The van der Waals surface area contributed by atoms with Gasteiger partial charge in [-0.2, -0.15) is 0 Å². The van der Waals surface area contributed by atoms with Crippen LogP contribution >= 0.6 is 15.9 Å². The topological polar surface area (TPSA) is 16.1 Å². The lowest BCUT2D eigenvalue weighted by Gasteiger charge is -2.37. The van der Waals surface area contributed by atoms with E-state index in [9.17, 15) is 0 Å². The van der Waals surface area contributed by atoms with E-state index in [-0.39, 0.29) is 0 Å². The molecule has 2 fully saturated rings. The molecule has 2 atom stereocenters. The Bertz CT molecular complexity index is 393. The molecule has 1 aromatic heterocycles. The lowest BCUT2D eigenvalue weighted by molar-refractivity contribution is 0.137. The molecule has 0 saturated carbocycles. The Labute approximate surface area is 112 Å². The van der Waals surface area contributed by atoms with Gasteiger partial charge in [0.25, 0.3) is 0 Å². The van der Waals surface area contributed by atoms with E-state index in [1.807, 2.05) is 12.4 Å². The quantitative estimate of drug-likeness (QED) is 0.778. The van der Waals surface area contributed by atoms with Crippen molar-refractivity contribution in [2.45, 2.75) is 56.1 Å². The van der Waals surface area contributed by atoms with Gasteiger partial charge in [0.1, 0.15) is 0 Å². The van der Waals surface area contributed by atoms with Crippen molar-refractivity contribution in [3.8, 4) is 0 Å². The molecule has 0 aromatic carbocycles. The zero-order chi connectivity index (χ0) is 11.8. The van der Waals surface area contributed by atoms with Crippen LogP contribution in [0.1, 0.15) is 36.8 Å². The zero-order valence-electron chi connectivity index (χ0n) is 10.3. The van der Waals surface area contributed by atoms with Crippen molar-refractivity contribution in [3.05, 3.63) is 29.6 Å². The molecule has 92 valence electrons. The largest absolute Gasteiger partial charge is 0.293 e. The molecule has 2 unspecified atom stereocenters. The van der Waals surface area contributed by atoms with Crippen molar-refractivity contribution >= 4 is 15.9 Å². The number of alkyl halides is 1. The van der Waals surface area contributed by atoms with E-state index in [1.165, 1.54) is 36.8 Å². The second kappa shape index (κ2) is 4.69. The Morgan fingerprint density at radius 2 is 2.00 bits per heavy atom. The van der Waals surface area contributed by atoms with Gasteiger partial charge in [0.05, 0.1) is 0 Å². The molecule has 0 radical (unpaired) electrons. The van der Waals surface area contributed by atoms with Gasteiger partial charge in [-0.3, -0.25) is 9.88 Å². The number of aryl methyl sites for hydroxylation is 1. The summed E-state index contributed by atoms with van der Waals surface area (Å²) in [5.74, 6) is 0. The fraction of sp³-hybridized carbons (Fsp3) is 0.643. The highest BCUT2D eigenvalue weighted by molar-refractivity contribution is 9.09. The molecule has 2 bridgehead atoms. The normalized spacial score (nSPS) is 32.9. The second-order valence-electron chi connectivity index (χ2n) is 5.50. The van der Waals surface area contributed by atoms with E-state index in [0.29, 0.717) is 0 Å². The number of piperidine rings is 1. The summed E-state index contributed by atoms with van der Waals surface area (Å²) >= 11 is 3.79. The average molecular weight is 295 g/mol. The number of nitrogens with zero attached hydrogens (tertiary/aromatic N) is 2. The van der Waals surface area contributed by atoms with Crippen molar-refractivity contribution in [1.29, 1.82) is 0 Å². The summed E-state index contributed by atoms with van der Waals surface area (Å²) in [6, 6.07) is 3.85. The summed E-state index contributed by atoms with van der Waals surface area (Å²) < 4.78 is 0. The van der Waals surface area contributed by atoms with Gasteiger partial charge >= 0.3 is 0 Å². The predicted molar refractivity (Wildman–Crippen MR) is 73.3 cm³/mol. The SMILES string of the molecule is Cc1cncc(CN2C3CCC2CC(Br)C3)c1. The van der Waals surface area contributed by atoms with Gasteiger partial charge in [0, 0.05) is 35.8 Å². The van der Waals surface area contributed by atoms with Gasteiger partial charge in [-0.25, -0.2) is 0 Å². The summed E-state index contributed by atoms with van der Waals surface area (Å²) in [6.07, 6.45) is 9.35. The van der Waals surface area contributed by atoms with Crippen LogP contribution in [-0.2, 0) is 6.54 Å². The minimum atomic E-state index is 0.742. The number of rotatable bonds is 2. The number of aromatic nitrogens is 1. The first-order valence-electron chi connectivity index (χ1n) is 6.52. The van der Waals surface area contributed by atoms with Crippen LogP contribution in [-0.4, -0.2) is 26.8 Å². The molecule has 3 heteroatoms. The molecule has 0 aliphatic carbocycles. The average Bonchev–Trinajstić information content (AvgIpc) is 2.54. The molecule has 3 heterocycles. The van der Waals surface area contributed by atoms with Crippen LogP contribution < -0.4 is 0 Å². The molecule has 1 aromatic rings. The minimum absolute atomic E-state index is 0.742. The third-order valence-electron chi connectivity index (χ3n) is 4.12. The number of hydrogen-bond acceptors (Lipinski definition) is 2.